The van der Waals surface area contributed by atoms with E-state index in [2.05, 4.69) is 27.1 Å². The Kier molecular flexibility index (Phi) is 2.18. The molecule has 5 nitrogen and oxygen atoms in total. The van der Waals surface area contributed by atoms with Crippen LogP contribution in [-0.2, 0) is 4.79 Å². The largest absolute Gasteiger partial charge is 0.330 e. The fraction of sp³-hybridized carbons (Fsp3) is 0.250. The number of hydrogen-bond donors (Lipinski definition) is 2. The number of pyridine rings is 1. The van der Waals surface area contributed by atoms with Crippen LogP contribution < -0.4 is 5.32 Å². The van der Waals surface area contributed by atoms with Gasteiger partial charge in [-0.1, -0.05) is 6.58 Å². The Morgan fingerprint density at radius 2 is 2.35 bits per heavy atom. The van der Waals surface area contributed by atoms with Crippen molar-refractivity contribution in [2.24, 2.45) is 0 Å². The van der Waals surface area contributed by atoms with Gasteiger partial charge >= 0.3 is 0 Å². The van der Waals surface area contributed by atoms with Crippen molar-refractivity contribution in [1.82, 2.24) is 20.5 Å². The second kappa shape index (κ2) is 3.69. The van der Waals surface area contributed by atoms with E-state index in [-0.39, 0.29) is 11.8 Å². The summed E-state index contributed by atoms with van der Waals surface area (Å²) in [6, 6.07) is 3.78. The summed E-state index contributed by atoms with van der Waals surface area (Å²) in [6.07, 6.45) is 3.25. The molecular formula is C12H12N4O. The quantitative estimate of drug-likeness (QED) is 0.776. The molecule has 2 aromatic rings. The van der Waals surface area contributed by atoms with Gasteiger partial charge in [0.15, 0.2) is 5.65 Å². The van der Waals surface area contributed by atoms with Gasteiger partial charge in [0.25, 0.3) is 0 Å². The van der Waals surface area contributed by atoms with Crippen LogP contribution in [0.5, 0.6) is 0 Å². The molecular weight excluding hydrogens is 216 g/mol. The average molecular weight is 228 g/mol. The number of aromatic nitrogens is 3. The molecule has 1 fully saturated rings. The molecule has 1 amide bonds. The highest BCUT2D eigenvalue weighted by Crippen LogP contribution is 2.29. The molecule has 2 N–H and O–H groups in total. The summed E-state index contributed by atoms with van der Waals surface area (Å²) in [7, 11) is 0. The van der Waals surface area contributed by atoms with E-state index in [0.717, 1.165) is 35.3 Å². The first-order valence-electron chi connectivity index (χ1n) is 5.53. The summed E-state index contributed by atoms with van der Waals surface area (Å²) in [4.78, 5) is 16.1. The normalized spacial score (nSPS) is 20.6. The number of hydrogen-bond acceptors (Lipinski definition) is 3. The van der Waals surface area contributed by atoms with Crippen molar-refractivity contribution in [3.05, 3.63) is 36.3 Å². The maximum absolute atomic E-state index is 11.9. The predicted molar refractivity (Wildman–Crippen MR) is 63.1 cm³/mol. The Bertz CT molecular complexity index is 601. The molecule has 3 heterocycles. The monoisotopic (exact) mass is 228 g/mol. The molecule has 5 heteroatoms. The minimum Gasteiger partial charge on any atom is -0.330 e. The Morgan fingerprint density at radius 1 is 1.47 bits per heavy atom. The molecule has 0 spiro atoms. The Balaban J connectivity index is 2.04. The van der Waals surface area contributed by atoms with Crippen LogP contribution in [0.3, 0.4) is 0 Å². The number of rotatable bonds is 1. The van der Waals surface area contributed by atoms with Gasteiger partial charge in [-0.2, -0.15) is 5.10 Å². The van der Waals surface area contributed by atoms with Gasteiger partial charge in [0.1, 0.15) is 0 Å². The molecule has 1 atom stereocenters. The molecule has 0 radical (unpaired) electrons. The van der Waals surface area contributed by atoms with E-state index < -0.39 is 0 Å². The third-order valence-corrected chi connectivity index (χ3v) is 3.05. The number of piperidine rings is 1. The molecule has 86 valence electrons. The van der Waals surface area contributed by atoms with E-state index in [1.165, 1.54) is 0 Å². The van der Waals surface area contributed by atoms with Crippen molar-refractivity contribution in [2.75, 3.05) is 0 Å². The van der Waals surface area contributed by atoms with Gasteiger partial charge in [0, 0.05) is 17.3 Å². The SMILES string of the molecule is C=C1CCC(c2n[nH]c3ncccc23)C(=O)N1. The molecule has 0 bridgehead atoms. The van der Waals surface area contributed by atoms with Crippen molar-refractivity contribution >= 4 is 16.9 Å². The summed E-state index contributed by atoms with van der Waals surface area (Å²) in [5.41, 5.74) is 2.28. The van der Waals surface area contributed by atoms with Crippen molar-refractivity contribution in [2.45, 2.75) is 18.8 Å². The second-order valence-electron chi connectivity index (χ2n) is 4.19. The Hall–Kier alpha value is -2.17. The molecule has 0 saturated carbocycles. The van der Waals surface area contributed by atoms with E-state index in [9.17, 15) is 4.79 Å². The van der Waals surface area contributed by atoms with Crippen LogP contribution in [0.4, 0.5) is 0 Å². The molecule has 1 unspecified atom stereocenters. The van der Waals surface area contributed by atoms with Gasteiger partial charge in [-0.3, -0.25) is 9.89 Å². The van der Waals surface area contributed by atoms with Crippen LogP contribution in [0.15, 0.2) is 30.6 Å². The van der Waals surface area contributed by atoms with E-state index in [4.69, 9.17) is 0 Å². The number of aromatic amines is 1. The molecule has 2 aromatic heterocycles. The van der Waals surface area contributed by atoms with Gasteiger partial charge in [-0.25, -0.2) is 4.98 Å². The summed E-state index contributed by atoms with van der Waals surface area (Å²) in [6.45, 7) is 3.77. The summed E-state index contributed by atoms with van der Waals surface area (Å²) in [5, 5.41) is 10.8. The molecule has 1 saturated heterocycles. The first kappa shape index (κ1) is 10.0. The minimum atomic E-state index is -0.210. The Labute approximate surface area is 97.9 Å². The highest BCUT2D eigenvalue weighted by molar-refractivity contribution is 5.90. The van der Waals surface area contributed by atoms with E-state index in [1.807, 2.05) is 12.1 Å². The van der Waals surface area contributed by atoms with Gasteiger partial charge in [-0.15, -0.1) is 0 Å². The van der Waals surface area contributed by atoms with Crippen LogP contribution >= 0.6 is 0 Å². The fourth-order valence-corrected chi connectivity index (χ4v) is 2.17. The number of H-pyrrole nitrogens is 1. The first-order valence-corrected chi connectivity index (χ1v) is 5.53. The zero-order chi connectivity index (χ0) is 11.8. The van der Waals surface area contributed by atoms with Crippen LogP contribution in [0.1, 0.15) is 24.5 Å². The van der Waals surface area contributed by atoms with E-state index in [1.54, 1.807) is 6.20 Å². The van der Waals surface area contributed by atoms with Crippen molar-refractivity contribution in [3.8, 4) is 0 Å². The van der Waals surface area contributed by atoms with Crippen LogP contribution in [0, 0.1) is 0 Å². The standard InChI is InChI=1S/C12H12N4O/c1-7-4-5-9(12(17)14-7)10-8-3-2-6-13-11(8)16-15-10/h2-3,6,9H,1,4-5H2,(H,14,17)(H,13,15,16). The van der Waals surface area contributed by atoms with Gasteiger partial charge in [0.05, 0.1) is 11.6 Å². The maximum atomic E-state index is 11.9. The van der Waals surface area contributed by atoms with E-state index >= 15 is 0 Å². The first-order chi connectivity index (χ1) is 8.25. The highest BCUT2D eigenvalue weighted by atomic mass is 16.2. The number of carbonyl (C=O) groups is 1. The van der Waals surface area contributed by atoms with Crippen molar-refractivity contribution in [3.63, 3.8) is 0 Å². The number of carbonyl (C=O) groups excluding carboxylic acids is 1. The molecule has 0 aromatic carbocycles. The summed E-state index contributed by atoms with van der Waals surface area (Å²) < 4.78 is 0. The van der Waals surface area contributed by atoms with Crippen molar-refractivity contribution in [1.29, 1.82) is 0 Å². The maximum Gasteiger partial charge on any atom is 0.233 e. The third-order valence-electron chi connectivity index (χ3n) is 3.05. The lowest BCUT2D eigenvalue weighted by molar-refractivity contribution is -0.122. The molecule has 0 aliphatic carbocycles. The minimum absolute atomic E-state index is 0.0292. The van der Waals surface area contributed by atoms with Crippen molar-refractivity contribution < 1.29 is 4.79 Å². The second-order valence-corrected chi connectivity index (χ2v) is 4.19. The molecule has 17 heavy (non-hydrogen) atoms. The Morgan fingerprint density at radius 3 is 3.18 bits per heavy atom. The third kappa shape index (κ3) is 1.60. The van der Waals surface area contributed by atoms with E-state index in [0.29, 0.717) is 0 Å². The number of nitrogens with zero attached hydrogens (tertiary/aromatic N) is 2. The number of nitrogens with one attached hydrogen (secondary N) is 2. The zero-order valence-corrected chi connectivity index (χ0v) is 9.23. The van der Waals surface area contributed by atoms with Crippen LogP contribution in [0.2, 0.25) is 0 Å². The lowest BCUT2D eigenvalue weighted by Gasteiger charge is -2.22. The lowest BCUT2D eigenvalue weighted by Crippen LogP contribution is -2.33. The molecule has 1 aliphatic heterocycles. The average Bonchev–Trinajstić information content (AvgIpc) is 2.73. The van der Waals surface area contributed by atoms with Crippen LogP contribution in [0.25, 0.3) is 11.0 Å². The summed E-state index contributed by atoms with van der Waals surface area (Å²) in [5.74, 6) is -0.239. The fourth-order valence-electron chi connectivity index (χ4n) is 2.17. The molecule has 1 aliphatic rings. The smallest absolute Gasteiger partial charge is 0.233 e. The van der Waals surface area contributed by atoms with Gasteiger partial charge in [-0.05, 0) is 25.0 Å². The number of allylic oxidation sites excluding steroid dienone is 1. The predicted octanol–water partition coefficient (Wildman–Crippen LogP) is 1.47. The number of fused-ring (bicyclic) bond motifs is 1. The zero-order valence-electron chi connectivity index (χ0n) is 9.23. The molecule has 3 rings (SSSR count). The topological polar surface area (TPSA) is 70.7 Å². The van der Waals surface area contributed by atoms with Gasteiger partial charge < -0.3 is 5.32 Å². The number of amides is 1. The summed E-state index contributed by atoms with van der Waals surface area (Å²) >= 11 is 0. The lowest BCUT2D eigenvalue weighted by atomic mass is 9.92. The highest BCUT2D eigenvalue weighted by Gasteiger charge is 2.29. The van der Waals surface area contributed by atoms with Gasteiger partial charge in [0.2, 0.25) is 5.91 Å². The van der Waals surface area contributed by atoms with Crippen LogP contribution in [-0.4, -0.2) is 21.1 Å².